The van der Waals surface area contributed by atoms with E-state index in [1.807, 2.05) is 18.2 Å². The molecule has 0 bridgehead atoms. The van der Waals surface area contributed by atoms with Crippen molar-refractivity contribution >= 4 is 30.6 Å². The molecule has 0 fully saturated rings. The van der Waals surface area contributed by atoms with Gasteiger partial charge < -0.3 is 10.2 Å². The van der Waals surface area contributed by atoms with Gasteiger partial charge in [-0.25, -0.2) is 16.8 Å². The summed E-state index contributed by atoms with van der Waals surface area (Å²) in [5, 5.41) is 0.844. The first kappa shape index (κ1) is 16.0. The maximum atomic E-state index is 11.9. The van der Waals surface area contributed by atoms with Crippen LogP contribution in [0.25, 0.3) is 11.0 Å². The molecule has 6 nitrogen and oxygen atoms in total. The second-order valence-corrected chi connectivity index (χ2v) is 9.53. The molecule has 0 aliphatic rings. The summed E-state index contributed by atoms with van der Waals surface area (Å²) in [5.41, 5.74) is 6.50. The van der Waals surface area contributed by atoms with Crippen molar-refractivity contribution < 1.29 is 21.3 Å². The van der Waals surface area contributed by atoms with Crippen molar-refractivity contribution in [3.63, 3.8) is 0 Å². The van der Waals surface area contributed by atoms with Crippen LogP contribution < -0.4 is 5.73 Å². The van der Waals surface area contributed by atoms with E-state index in [4.69, 9.17) is 10.2 Å². The Labute approximate surface area is 123 Å². The van der Waals surface area contributed by atoms with Gasteiger partial charge in [-0.3, -0.25) is 0 Å². The van der Waals surface area contributed by atoms with Gasteiger partial charge in [0.1, 0.15) is 21.2 Å². The minimum atomic E-state index is -3.56. The average Bonchev–Trinajstić information content (AvgIpc) is 2.79. The summed E-state index contributed by atoms with van der Waals surface area (Å²) >= 11 is 0. The zero-order chi connectivity index (χ0) is 15.7. The fourth-order valence-electron chi connectivity index (χ4n) is 1.90. The first-order valence-electron chi connectivity index (χ1n) is 6.28. The third-order valence-corrected chi connectivity index (χ3v) is 5.91. The molecule has 0 spiro atoms. The minimum absolute atomic E-state index is 0.345. The second-order valence-electron chi connectivity index (χ2n) is 5.04. The Hall–Kier alpha value is -1.38. The Morgan fingerprint density at radius 2 is 1.81 bits per heavy atom. The van der Waals surface area contributed by atoms with Crippen molar-refractivity contribution in [2.45, 2.75) is 6.04 Å². The molecule has 2 N–H and O–H groups in total. The molecular weight excluding hydrogens is 314 g/mol. The molecule has 1 heterocycles. The fourth-order valence-corrected chi connectivity index (χ4v) is 5.01. The van der Waals surface area contributed by atoms with E-state index in [1.54, 1.807) is 12.1 Å². The van der Waals surface area contributed by atoms with Crippen molar-refractivity contribution in [2.24, 2.45) is 5.73 Å². The van der Waals surface area contributed by atoms with E-state index in [0.29, 0.717) is 11.3 Å². The van der Waals surface area contributed by atoms with E-state index in [1.165, 1.54) is 0 Å². The first-order valence-corrected chi connectivity index (χ1v) is 10.2. The molecule has 2 aromatic rings. The normalized spacial score (nSPS) is 14.4. The van der Waals surface area contributed by atoms with E-state index < -0.39 is 37.2 Å². The summed E-state index contributed by atoms with van der Waals surface area (Å²) in [6.07, 6.45) is 1.00. The molecule has 8 heteroatoms. The number of para-hydroxylation sites is 1. The monoisotopic (exact) mass is 331 g/mol. The number of rotatable bonds is 6. The molecule has 1 aromatic carbocycles. The van der Waals surface area contributed by atoms with E-state index in [-0.39, 0.29) is 5.75 Å². The number of hydrogen-bond donors (Lipinski definition) is 1. The van der Waals surface area contributed by atoms with Gasteiger partial charge in [0.2, 0.25) is 0 Å². The van der Waals surface area contributed by atoms with Crippen LogP contribution in [0.15, 0.2) is 34.7 Å². The second kappa shape index (κ2) is 5.78. The van der Waals surface area contributed by atoms with Crippen molar-refractivity contribution in [2.75, 3.05) is 23.5 Å². The summed E-state index contributed by atoms with van der Waals surface area (Å²) in [7, 11) is -6.89. The summed E-state index contributed by atoms with van der Waals surface area (Å²) in [4.78, 5) is 0. The Morgan fingerprint density at radius 3 is 2.43 bits per heavy atom. The number of hydrogen-bond acceptors (Lipinski definition) is 6. The summed E-state index contributed by atoms with van der Waals surface area (Å²) < 4.78 is 51.4. The van der Waals surface area contributed by atoms with Crippen LogP contribution in [0.4, 0.5) is 0 Å². The molecular formula is C13H17NO5S2. The highest BCUT2D eigenvalue weighted by atomic mass is 32.2. The lowest BCUT2D eigenvalue weighted by molar-refractivity contribution is 0.508. The SMILES string of the molecule is CS(=O)(=O)CCS(=O)(=O)CC(N)c1cc2ccccc2o1. The number of benzene rings is 1. The topological polar surface area (TPSA) is 107 Å². The Bertz CT molecular complexity index is 803. The fraction of sp³-hybridized carbons (Fsp3) is 0.385. The highest BCUT2D eigenvalue weighted by Gasteiger charge is 2.22. The predicted molar refractivity (Wildman–Crippen MR) is 81.5 cm³/mol. The molecule has 2 rings (SSSR count). The van der Waals surface area contributed by atoms with Crippen LogP contribution >= 0.6 is 0 Å². The number of fused-ring (bicyclic) bond motifs is 1. The third kappa shape index (κ3) is 4.55. The standard InChI is InChI=1S/C13H17NO5S2/c1-20(15,16)6-7-21(17,18)9-11(14)13-8-10-4-2-3-5-12(10)19-13/h2-5,8,11H,6-7,9,14H2,1H3. The lowest BCUT2D eigenvalue weighted by Gasteiger charge is -2.09. The summed E-state index contributed by atoms with van der Waals surface area (Å²) in [5.74, 6) is -0.802. The van der Waals surface area contributed by atoms with Gasteiger partial charge in [0.25, 0.3) is 0 Å². The number of sulfone groups is 2. The van der Waals surface area contributed by atoms with Crippen LogP contribution in [0, 0.1) is 0 Å². The van der Waals surface area contributed by atoms with Gasteiger partial charge in [-0.15, -0.1) is 0 Å². The molecule has 21 heavy (non-hydrogen) atoms. The zero-order valence-electron chi connectivity index (χ0n) is 11.5. The lowest BCUT2D eigenvalue weighted by atomic mass is 10.2. The van der Waals surface area contributed by atoms with Gasteiger partial charge in [0.15, 0.2) is 9.84 Å². The molecule has 1 unspecified atom stereocenters. The van der Waals surface area contributed by atoms with Gasteiger partial charge in [0, 0.05) is 11.6 Å². The third-order valence-electron chi connectivity index (χ3n) is 3.01. The predicted octanol–water partition coefficient (Wildman–Crippen LogP) is 0.892. The van der Waals surface area contributed by atoms with Gasteiger partial charge >= 0.3 is 0 Å². The van der Waals surface area contributed by atoms with E-state index in [2.05, 4.69) is 0 Å². The van der Waals surface area contributed by atoms with E-state index in [0.717, 1.165) is 11.6 Å². The summed E-state index contributed by atoms with van der Waals surface area (Å²) in [6, 6.07) is 8.14. The van der Waals surface area contributed by atoms with Crippen LogP contribution in [0.1, 0.15) is 11.8 Å². The quantitative estimate of drug-likeness (QED) is 0.842. The Kier molecular flexibility index (Phi) is 4.40. The number of nitrogens with two attached hydrogens (primary N) is 1. The molecule has 1 aromatic heterocycles. The molecule has 0 saturated heterocycles. The first-order chi connectivity index (χ1) is 9.66. The summed E-state index contributed by atoms with van der Waals surface area (Å²) in [6.45, 7) is 0. The highest BCUT2D eigenvalue weighted by Crippen LogP contribution is 2.23. The van der Waals surface area contributed by atoms with Crippen molar-refractivity contribution in [1.29, 1.82) is 0 Å². The average molecular weight is 331 g/mol. The molecule has 0 aliphatic heterocycles. The van der Waals surface area contributed by atoms with Crippen molar-refractivity contribution in [3.05, 3.63) is 36.1 Å². The molecule has 0 aliphatic carbocycles. The van der Waals surface area contributed by atoms with Gasteiger partial charge in [0.05, 0.1) is 23.3 Å². The molecule has 0 radical (unpaired) electrons. The smallest absolute Gasteiger partial charge is 0.153 e. The molecule has 0 saturated carbocycles. The van der Waals surface area contributed by atoms with Crippen LogP contribution in [-0.4, -0.2) is 40.3 Å². The zero-order valence-corrected chi connectivity index (χ0v) is 13.2. The van der Waals surface area contributed by atoms with Crippen LogP contribution in [-0.2, 0) is 19.7 Å². The van der Waals surface area contributed by atoms with Crippen LogP contribution in [0.3, 0.4) is 0 Å². The Morgan fingerprint density at radius 1 is 1.14 bits per heavy atom. The highest BCUT2D eigenvalue weighted by molar-refractivity contribution is 7.94. The maximum absolute atomic E-state index is 11.9. The largest absolute Gasteiger partial charge is 0.459 e. The Balaban J connectivity index is 2.11. The van der Waals surface area contributed by atoms with Gasteiger partial charge in [-0.2, -0.15) is 0 Å². The molecule has 0 amide bonds. The van der Waals surface area contributed by atoms with Crippen LogP contribution in [0.2, 0.25) is 0 Å². The molecule has 1 atom stereocenters. The lowest BCUT2D eigenvalue weighted by Crippen LogP contribution is -2.26. The van der Waals surface area contributed by atoms with Crippen molar-refractivity contribution in [3.8, 4) is 0 Å². The van der Waals surface area contributed by atoms with Gasteiger partial charge in [-0.1, -0.05) is 18.2 Å². The molecule has 116 valence electrons. The number of furan rings is 1. The maximum Gasteiger partial charge on any atom is 0.153 e. The van der Waals surface area contributed by atoms with Gasteiger partial charge in [-0.05, 0) is 12.1 Å². The minimum Gasteiger partial charge on any atom is -0.459 e. The van der Waals surface area contributed by atoms with Crippen LogP contribution in [0.5, 0.6) is 0 Å². The van der Waals surface area contributed by atoms with E-state index >= 15 is 0 Å². The van der Waals surface area contributed by atoms with E-state index in [9.17, 15) is 16.8 Å². The van der Waals surface area contributed by atoms with Crippen molar-refractivity contribution in [1.82, 2.24) is 0 Å².